The molecule has 1 heterocycles. The molecular formula is C25H22N2O3. The molecule has 0 saturated heterocycles. The van der Waals surface area contributed by atoms with Crippen LogP contribution in [0.3, 0.4) is 0 Å². The van der Waals surface area contributed by atoms with Crippen LogP contribution in [0, 0.1) is 6.92 Å². The number of aromatic nitrogens is 2. The molecule has 1 aromatic heterocycles. The summed E-state index contributed by atoms with van der Waals surface area (Å²) in [6, 6.07) is 20.8. The van der Waals surface area contributed by atoms with Crippen LogP contribution in [0.4, 0.5) is 0 Å². The Hall–Kier alpha value is -3.86. The molecule has 5 heteroatoms. The Labute approximate surface area is 174 Å². The molecule has 5 nitrogen and oxygen atoms in total. The average Bonchev–Trinajstić information content (AvgIpc) is 2.78. The summed E-state index contributed by atoms with van der Waals surface area (Å²) in [5.41, 5.74) is 3.26. The van der Waals surface area contributed by atoms with E-state index in [0.29, 0.717) is 28.2 Å². The first-order valence-corrected chi connectivity index (χ1v) is 9.60. The van der Waals surface area contributed by atoms with Crippen LogP contribution in [0.5, 0.6) is 11.5 Å². The van der Waals surface area contributed by atoms with Gasteiger partial charge in [0.15, 0.2) is 11.5 Å². The highest BCUT2D eigenvalue weighted by molar-refractivity contribution is 5.80. The summed E-state index contributed by atoms with van der Waals surface area (Å²) in [5.74, 6) is 1.80. The van der Waals surface area contributed by atoms with Crippen LogP contribution < -0.4 is 15.0 Å². The number of hydrogen-bond acceptors (Lipinski definition) is 4. The Kier molecular flexibility index (Phi) is 5.35. The van der Waals surface area contributed by atoms with Crippen LogP contribution in [0.2, 0.25) is 0 Å². The van der Waals surface area contributed by atoms with Gasteiger partial charge in [-0.05, 0) is 49.4 Å². The van der Waals surface area contributed by atoms with Crippen LogP contribution in [0.25, 0.3) is 28.7 Å². The molecule has 0 radical (unpaired) electrons. The van der Waals surface area contributed by atoms with Gasteiger partial charge < -0.3 is 9.47 Å². The van der Waals surface area contributed by atoms with Gasteiger partial charge in [-0.1, -0.05) is 42.0 Å². The van der Waals surface area contributed by atoms with Crippen LogP contribution in [0.15, 0.2) is 71.5 Å². The lowest BCUT2D eigenvalue weighted by molar-refractivity contribution is 0.354. The van der Waals surface area contributed by atoms with Crippen molar-refractivity contribution in [2.75, 3.05) is 14.2 Å². The van der Waals surface area contributed by atoms with E-state index in [1.54, 1.807) is 24.9 Å². The van der Waals surface area contributed by atoms with Gasteiger partial charge in [0.1, 0.15) is 5.82 Å². The molecule has 0 saturated carbocycles. The Morgan fingerprint density at radius 1 is 0.867 bits per heavy atom. The van der Waals surface area contributed by atoms with Crippen molar-refractivity contribution >= 4 is 23.1 Å². The molecule has 0 aliphatic carbocycles. The second-order valence-electron chi connectivity index (χ2n) is 6.88. The number of fused-ring (bicyclic) bond motifs is 1. The zero-order chi connectivity index (χ0) is 21.1. The number of rotatable bonds is 5. The van der Waals surface area contributed by atoms with E-state index in [1.165, 1.54) is 0 Å². The number of methoxy groups -OCH3 is 2. The minimum atomic E-state index is -0.110. The minimum Gasteiger partial charge on any atom is -0.493 e. The first-order chi connectivity index (χ1) is 14.6. The van der Waals surface area contributed by atoms with Gasteiger partial charge in [0.25, 0.3) is 5.56 Å². The monoisotopic (exact) mass is 398 g/mol. The maximum atomic E-state index is 13.3. The number of ether oxygens (including phenoxy) is 2. The van der Waals surface area contributed by atoms with E-state index >= 15 is 0 Å². The van der Waals surface area contributed by atoms with Gasteiger partial charge in [-0.3, -0.25) is 9.36 Å². The van der Waals surface area contributed by atoms with Gasteiger partial charge in [0.05, 0.1) is 30.8 Å². The summed E-state index contributed by atoms with van der Waals surface area (Å²) in [6.45, 7) is 2.01. The van der Waals surface area contributed by atoms with Crippen molar-refractivity contribution in [1.29, 1.82) is 0 Å². The summed E-state index contributed by atoms with van der Waals surface area (Å²) in [7, 11) is 3.21. The van der Waals surface area contributed by atoms with Gasteiger partial charge in [0, 0.05) is 5.56 Å². The fraction of sp³-hybridized carbons (Fsp3) is 0.120. The van der Waals surface area contributed by atoms with Crippen molar-refractivity contribution in [3.63, 3.8) is 0 Å². The Balaban J connectivity index is 1.92. The highest BCUT2D eigenvalue weighted by Gasteiger charge is 2.12. The first kappa shape index (κ1) is 19.5. The molecule has 0 aliphatic heterocycles. The van der Waals surface area contributed by atoms with Crippen molar-refractivity contribution in [3.05, 3.63) is 94.0 Å². The van der Waals surface area contributed by atoms with Gasteiger partial charge in [-0.2, -0.15) is 0 Å². The fourth-order valence-corrected chi connectivity index (χ4v) is 3.41. The zero-order valence-corrected chi connectivity index (χ0v) is 17.1. The molecule has 150 valence electrons. The van der Waals surface area contributed by atoms with Gasteiger partial charge in [0.2, 0.25) is 0 Å². The standard InChI is InChI=1S/C25H22N2O3/c1-17-11-14-19(15-12-17)27-23(26-21-9-5-4-8-20(21)25(27)28)16-13-18-7-6-10-22(29-2)24(18)30-3/h4-16H,1-3H3/b16-13+. The van der Waals surface area contributed by atoms with Crippen molar-refractivity contribution in [3.8, 4) is 17.2 Å². The number of nitrogens with zero attached hydrogens (tertiary/aromatic N) is 2. The fourth-order valence-electron chi connectivity index (χ4n) is 3.41. The Bertz CT molecular complexity index is 1290. The summed E-state index contributed by atoms with van der Waals surface area (Å²) in [6.07, 6.45) is 3.70. The molecule has 0 N–H and O–H groups in total. The predicted molar refractivity (Wildman–Crippen MR) is 121 cm³/mol. The lowest BCUT2D eigenvalue weighted by atomic mass is 10.1. The topological polar surface area (TPSA) is 53.3 Å². The third-order valence-corrected chi connectivity index (χ3v) is 4.94. The molecule has 0 unspecified atom stereocenters. The molecule has 0 bridgehead atoms. The van der Waals surface area contributed by atoms with E-state index in [1.807, 2.05) is 79.7 Å². The summed E-state index contributed by atoms with van der Waals surface area (Å²) in [5, 5.41) is 0.578. The number of aryl methyl sites for hydroxylation is 1. The van der Waals surface area contributed by atoms with Crippen LogP contribution >= 0.6 is 0 Å². The van der Waals surface area contributed by atoms with Crippen molar-refractivity contribution < 1.29 is 9.47 Å². The molecule has 0 aliphatic rings. The van der Waals surface area contributed by atoms with Crippen LogP contribution in [-0.4, -0.2) is 23.8 Å². The molecule has 4 rings (SSSR count). The highest BCUT2D eigenvalue weighted by atomic mass is 16.5. The van der Waals surface area contributed by atoms with Crippen molar-refractivity contribution in [2.24, 2.45) is 0 Å². The van der Waals surface area contributed by atoms with E-state index in [0.717, 1.165) is 16.8 Å². The molecule has 0 spiro atoms. The molecule has 30 heavy (non-hydrogen) atoms. The van der Waals surface area contributed by atoms with Gasteiger partial charge >= 0.3 is 0 Å². The van der Waals surface area contributed by atoms with E-state index in [2.05, 4.69) is 0 Å². The molecule has 0 amide bonds. The largest absolute Gasteiger partial charge is 0.493 e. The smallest absolute Gasteiger partial charge is 0.266 e. The van der Waals surface area contributed by atoms with Gasteiger partial charge in [-0.25, -0.2) is 4.98 Å². The summed E-state index contributed by atoms with van der Waals surface area (Å²) in [4.78, 5) is 18.1. The third kappa shape index (κ3) is 3.57. The normalized spacial score (nSPS) is 11.2. The molecule has 3 aromatic carbocycles. The number of benzene rings is 3. The second kappa shape index (κ2) is 8.25. The average molecular weight is 398 g/mol. The van der Waals surface area contributed by atoms with E-state index < -0.39 is 0 Å². The SMILES string of the molecule is COc1cccc(/C=C/c2nc3ccccc3c(=O)n2-c2ccc(C)cc2)c1OC. The van der Waals surface area contributed by atoms with E-state index in [-0.39, 0.29) is 5.56 Å². The zero-order valence-electron chi connectivity index (χ0n) is 17.1. The maximum Gasteiger partial charge on any atom is 0.266 e. The second-order valence-corrected chi connectivity index (χ2v) is 6.88. The van der Waals surface area contributed by atoms with Gasteiger partial charge in [-0.15, -0.1) is 0 Å². The van der Waals surface area contributed by atoms with E-state index in [4.69, 9.17) is 14.5 Å². The molecule has 4 aromatic rings. The van der Waals surface area contributed by atoms with E-state index in [9.17, 15) is 4.79 Å². The lowest BCUT2D eigenvalue weighted by Gasteiger charge is -2.12. The quantitative estimate of drug-likeness (QED) is 0.481. The molecule has 0 atom stereocenters. The summed E-state index contributed by atoms with van der Waals surface area (Å²) >= 11 is 0. The maximum absolute atomic E-state index is 13.3. The predicted octanol–water partition coefficient (Wildman–Crippen LogP) is 4.88. The Morgan fingerprint density at radius 2 is 1.63 bits per heavy atom. The number of para-hydroxylation sites is 2. The third-order valence-electron chi connectivity index (χ3n) is 4.94. The Morgan fingerprint density at radius 3 is 2.37 bits per heavy atom. The summed E-state index contributed by atoms with van der Waals surface area (Å²) < 4.78 is 12.5. The molecule has 0 fully saturated rings. The molecular weight excluding hydrogens is 376 g/mol. The van der Waals surface area contributed by atoms with Crippen LogP contribution in [-0.2, 0) is 0 Å². The first-order valence-electron chi connectivity index (χ1n) is 9.60. The number of hydrogen-bond donors (Lipinski definition) is 0. The minimum absolute atomic E-state index is 0.110. The highest BCUT2D eigenvalue weighted by Crippen LogP contribution is 2.32. The van der Waals surface area contributed by atoms with Crippen molar-refractivity contribution in [1.82, 2.24) is 9.55 Å². The van der Waals surface area contributed by atoms with Crippen molar-refractivity contribution in [2.45, 2.75) is 6.92 Å². The van der Waals surface area contributed by atoms with Crippen LogP contribution in [0.1, 0.15) is 17.0 Å². The lowest BCUT2D eigenvalue weighted by Crippen LogP contribution is -2.22.